The summed E-state index contributed by atoms with van der Waals surface area (Å²) in [6.45, 7) is 3.25. The van der Waals surface area contributed by atoms with Gasteiger partial charge >= 0.3 is 0 Å². The van der Waals surface area contributed by atoms with E-state index in [0.717, 1.165) is 35.9 Å². The maximum Gasteiger partial charge on any atom is 0.191 e. The van der Waals surface area contributed by atoms with Gasteiger partial charge in [-0.05, 0) is 43.9 Å². The average Bonchev–Trinajstić information content (AvgIpc) is 3.22. The molecule has 2 aliphatic rings. The molecule has 6 nitrogen and oxygen atoms in total. The number of nitrogens with zero attached hydrogens (tertiary/aromatic N) is 1. The number of benzene rings is 1. The second-order valence-corrected chi connectivity index (χ2v) is 6.20. The van der Waals surface area contributed by atoms with E-state index < -0.39 is 0 Å². The van der Waals surface area contributed by atoms with Gasteiger partial charge in [-0.25, -0.2) is 0 Å². The van der Waals surface area contributed by atoms with Crippen LogP contribution in [0.4, 0.5) is 0 Å². The van der Waals surface area contributed by atoms with E-state index in [1.54, 1.807) is 14.2 Å². The summed E-state index contributed by atoms with van der Waals surface area (Å²) in [5.41, 5.74) is 1.11. The molecule has 0 aliphatic carbocycles. The van der Waals surface area contributed by atoms with Crippen molar-refractivity contribution in [1.82, 2.24) is 10.6 Å². The van der Waals surface area contributed by atoms with Gasteiger partial charge in [0.25, 0.3) is 0 Å². The number of rotatable bonds is 6. The van der Waals surface area contributed by atoms with E-state index in [1.807, 2.05) is 25.1 Å². The van der Waals surface area contributed by atoms with Crippen molar-refractivity contribution in [3.63, 3.8) is 0 Å². The molecular weight excluding hydrogens is 433 g/mol. The molecular formula is C18H28IN3O3. The number of aliphatic imine (C=N–C) groups is 1. The van der Waals surface area contributed by atoms with Crippen LogP contribution in [0.15, 0.2) is 23.2 Å². The molecule has 0 amide bonds. The summed E-state index contributed by atoms with van der Waals surface area (Å²) >= 11 is 0. The number of nitrogens with one attached hydrogen (secondary N) is 2. The van der Waals surface area contributed by atoms with Crippen LogP contribution in [0.3, 0.4) is 0 Å². The van der Waals surface area contributed by atoms with E-state index in [1.165, 1.54) is 6.42 Å². The highest BCUT2D eigenvalue weighted by molar-refractivity contribution is 14.0. The lowest BCUT2D eigenvalue weighted by Crippen LogP contribution is -2.47. The van der Waals surface area contributed by atoms with Crippen molar-refractivity contribution < 1.29 is 14.2 Å². The van der Waals surface area contributed by atoms with Crippen molar-refractivity contribution in [3.05, 3.63) is 23.8 Å². The first-order valence-electron chi connectivity index (χ1n) is 8.65. The fourth-order valence-corrected chi connectivity index (χ4v) is 3.44. The molecule has 0 aromatic heterocycles. The lowest BCUT2D eigenvalue weighted by Gasteiger charge is -2.22. The Bertz CT molecular complexity index is 597. The van der Waals surface area contributed by atoms with Gasteiger partial charge in [-0.15, -0.1) is 24.0 Å². The molecule has 140 valence electrons. The van der Waals surface area contributed by atoms with E-state index in [0.29, 0.717) is 31.4 Å². The number of halogens is 1. The van der Waals surface area contributed by atoms with Gasteiger partial charge in [-0.1, -0.05) is 6.07 Å². The van der Waals surface area contributed by atoms with Crippen molar-refractivity contribution >= 4 is 29.9 Å². The van der Waals surface area contributed by atoms with E-state index in [-0.39, 0.29) is 24.0 Å². The molecule has 0 radical (unpaired) electrons. The Balaban J connectivity index is 0.00000225. The molecule has 2 bridgehead atoms. The van der Waals surface area contributed by atoms with Gasteiger partial charge < -0.3 is 24.8 Å². The van der Waals surface area contributed by atoms with Gasteiger partial charge in [0.1, 0.15) is 0 Å². The topological polar surface area (TPSA) is 64.1 Å². The minimum absolute atomic E-state index is 0. The van der Waals surface area contributed by atoms with Crippen LogP contribution in [0.25, 0.3) is 0 Å². The molecule has 25 heavy (non-hydrogen) atoms. The van der Waals surface area contributed by atoms with Crippen molar-refractivity contribution in [2.45, 2.75) is 51.0 Å². The number of hydrogen-bond acceptors (Lipinski definition) is 4. The highest BCUT2D eigenvalue weighted by Gasteiger charge is 2.41. The van der Waals surface area contributed by atoms with Crippen LogP contribution in [0, 0.1) is 0 Å². The number of fused-ring (bicyclic) bond motifs is 2. The summed E-state index contributed by atoms with van der Waals surface area (Å²) in [4.78, 5) is 4.32. The van der Waals surface area contributed by atoms with Gasteiger partial charge in [0.05, 0.1) is 32.0 Å². The summed E-state index contributed by atoms with van der Waals surface area (Å²) in [6.07, 6.45) is 4.18. The largest absolute Gasteiger partial charge is 0.493 e. The third kappa shape index (κ3) is 4.91. The van der Waals surface area contributed by atoms with E-state index in [9.17, 15) is 0 Å². The van der Waals surface area contributed by atoms with E-state index in [2.05, 4.69) is 15.6 Å². The van der Waals surface area contributed by atoms with Crippen LogP contribution in [-0.2, 0) is 11.3 Å². The minimum atomic E-state index is 0. The molecule has 2 saturated heterocycles. The predicted molar refractivity (Wildman–Crippen MR) is 109 cm³/mol. The normalized spacial score (nSPS) is 24.6. The maximum absolute atomic E-state index is 5.88. The molecule has 3 atom stereocenters. The molecule has 0 saturated carbocycles. The SMILES string of the molecule is CCOc1ccc(CNC(=NC)NC2CC3CCC2O3)cc1OC.I. The molecule has 1 aromatic carbocycles. The zero-order valence-electron chi connectivity index (χ0n) is 15.1. The Labute approximate surface area is 166 Å². The molecule has 0 spiro atoms. The Kier molecular flexibility index (Phi) is 7.61. The van der Waals surface area contributed by atoms with Gasteiger partial charge in [0, 0.05) is 13.6 Å². The molecule has 7 heteroatoms. The van der Waals surface area contributed by atoms with Crippen molar-refractivity contribution in [3.8, 4) is 11.5 Å². The fourth-order valence-electron chi connectivity index (χ4n) is 3.44. The number of guanidine groups is 1. The second kappa shape index (κ2) is 9.47. The highest BCUT2D eigenvalue weighted by Crippen LogP contribution is 2.34. The molecule has 2 fully saturated rings. The van der Waals surface area contributed by atoms with E-state index in [4.69, 9.17) is 14.2 Å². The fraction of sp³-hybridized carbons (Fsp3) is 0.611. The third-order valence-electron chi connectivity index (χ3n) is 4.64. The highest BCUT2D eigenvalue weighted by atomic mass is 127. The zero-order valence-corrected chi connectivity index (χ0v) is 17.4. The van der Waals surface area contributed by atoms with Crippen LogP contribution >= 0.6 is 24.0 Å². The first kappa shape index (κ1) is 20.1. The Morgan fingerprint density at radius 1 is 1.32 bits per heavy atom. The molecule has 2 N–H and O–H groups in total. The lowest BCUT2D eigenvalue weighted by molar-refractivity contribution is 0.0992. The van der Waals surface area contributed by atoms with Crippen molar-refractivity contribution in [1.29, 1.82) is 0 Å². The number of hydrogen-bond donors (Lipinski definition) is 2. The molecule has 2 aliphatic heterocycles. The Hall–Kier alpha value is -1.22. The van der Waals surface area contributed by atoms with Crippen LogP contribution in [0.5, 0.6) is 11.5 Å². The minimum Gasteiger partial charge on any atom is -0.493 e. The molecule has 3 rings (SSSR count). The van der Waals surface area contributed by atoms with Crippen LogP contribution in [-0.4, -0.2) is 45.0 Å². The Morgan fingerprint density at radius 3 is 2.76 bits per heavy atom. The lowest BCUT2D eigenvalue weighted by atomic mass is 9.96. The standard InChI is InChI=1S/C18H27N3O3.HI/c1-4-23-16-7-5-12(9-17(16)22-3)11-20-18(19-2)21-14-10-13-6-8-15(14)24-13;/h5,7,9,13-15H,4,6,8,10-11H2,1-3H3,(H2,19,20,21);1H. The van der Waals surface area contributed by atoms with Crippen molar-refractivity contribution in [2.24, 2.45) is 4.99 Å². The smallest absolute Gasteiger partial charge is 0.191 e. The van der Waals surface area contributed by atoms with Gasteiger partial charge in [0.2, 0.25) is 0 Å². The van der Waals surface area contributed by atoms with Gasteiger partial charge in [0.15, 0.2) is 17.5 Å². The summed E-state index contributed by atoms with van der Waals surface area (Å²) in [7, 11) is 3.45. The average molecular weight is 461 g/mol. The summed E-state index contributed by atoms with van der Waals surface area (Å²) in [5.74, 6) is 2.33. The van der Waals surface area contributed by atoms with Gasteiger partial charge in [-0.2, -0.15) is 0 Å². The molecule has 1 aromatic rings. The zero-order chi connectivity index (χ0) is 16.9. The van der Waals surface area contributed by atoms with Crippen molar-refractivity contribution in [2.75, 3.05) is 20.8 Å². The third-order valence-corrected chi connectivity index (χ3v) is 4.64. The second-order valence-electron chi connectivity index (χ2n) is 6.20. The maximum atomic E-state index is 5.88. The summed E-state index contributed by atoms with van der Waals surface area (Å²) in [6, 6.07) is 6.34. The summed E-state index contributed by atoms with van der Waals surface area (Å²) < 4.78 is 16.8. The predicted octanol–water partition coefficient (Wildman–Crippen LogP) is 2.70. The van der Waals surface area contributed by atoms with E-state index >= 15 is 0 Å². The number of ether oxygens (including phenoxy) is 3. The molecule has 3 unspecified atom stereocenters. The number of methoxy groups -OCH3 is 1. The van der Waals surface area contributed by atoms with Crippen LogP contribution in [0.1, 0.15) is 31.7 Å². The van der Waals surface area contributed by atoms with Crippen LogP contribution < -0.4 is 20.1 Å². The summed E-state index contributed by atoms with van der Waals surface area (Å²) in [5, 5.41) is 6.85. The Morgan fingerprint density at radius 2 is 2.16 bits per heavy atom. The molecule has 2 heterocycles. The quantitative estimate of drug-likeness (QED) is 0.388. The first-order valence-corrected chi connectivity index (χ1v) is 8.65. The van der Waals surface area contributed by atoms with Crippen LogP contribution in [0.2, 0.25) is 0 Å². The first-order chi connectivity index (χ1) is 11.7. The monoisotopic (exact) mass is 461 g/mol. The van der Waals surface area contributed by atoms with Gasteiger partial charge in [-0.3, -0.25) is 4.99 Å².